The van der Waals surface area contributed by atoms with Crippen molar-refractivity contribution >= 4 is 15.9 Å². The number of ether oxygens (including phenoxy) is 1. The maximum absolute atomic E-state index is 5.67. The molecule has 1 atom stereocenters. The summed E-state index contributed by atoms with van der Waals surface area (Å²) in [5.74, 6) is 0. The van der Waals surface area contributed by atoms with Crippen molar-refractivity contribution in [3.63, 3.8) is 0 Å². The quantitative estimate of drug-likeness (QED) is 0.816. The molecule has 1 unspecified atom stereocenters. The van der Waals surface area contributed by atoms with Gasteiger partial charge < -0.3 is 4.74 Å². The zero-order valence-electron chi connectivity index (χ0n) is 8.37. The summed E-state index contributed by atoms with van der Waals surface area (Å²) >= 11 is 3.51. The first-order valence-electron chi connectivity index (χ1n) is 5.17. The van der Waals surface area contributed by atoms with Gasteiger partial charge in [-0.05, 0) is 47.7 Å². The van der Waals surface area contributed by atoms with Gasteiger partial charge >= 0.3 is 0 Å². The Labute approximate surface area is 92.6 Å². The van der Waals surface area contributed by atoms with Crippen LogP contribution in [-0.2, 0) is 11.2 Å². The average molecular weight is 259 g/mol. The largest absolute Gasteiger partial charge is 0.356 e. The van der Waals surface area contributed by atoms with Crippen LogP contribution in [0.25, 0.3) is 0 Å². The number of nitrogens with zero attached hydrogens (tertiary/aromatic N) is 2. The first-order chi connectivity index (χ1) is 6.81. The normalized spacial score (nSPS) is 22.6. The van der Waals surface area contributed by atoms with Crippen LogP contribution in [0.5, 0.6) is 0 Å². The zero-order chi connectivity index (χ0) is 9.97. The van der Waals surface area contributed by atoms with Gasteiger partial charge in [0.15, 0.2) is 6.23 Å². The highest BCUT2D eigenvalue weighted by molar-refractivity contribution is 9.10. The maximum Gasteiger partial charge on any atom is 0.151 e. The van der Waals surface area contributed by atoms with Gasteiger partial charge in [0.2, 0.25) is 0 Å². The number of aryl methyl sites for hydroxylation is 1. The van der Waals surface area contributed by atoms with Crippen molar-refractivity contribution < 1.29 is 4.74 Å². The molecule has 1 aromatic heterocycles. The van der Waals surface area contributed by atoms with Crippen molar-refractivity contribution in [2.45, 2.75) is 38.8 Å². The molecule has 0 radical (unpaired) electrons. The van der Waals surface area contributed by atoms with E-state index in [9.17, 15) is 0 Å². The second-order valence-corrected chi connectivity index (χ2v) is 4.39. The summed E-state index contributed by atoms with van der Waals surface area (Å²) < 4.78 is 8.66. The van der Waals surface area contributed by atoms with Gasteiger partial charge in [-0.1, -0.05) is 6.92 Å². The second kappa shape index (κ2) is 4.45. The fourth-order valence-corrected chi connectivity index (χ4v) is 2.28. The van der Waals surface area contributed by atoms with E-state index in [1.54, 1.807) is 0 Å². The van der Waals surface area contributed by atoms with Gasteiger partial charge in [-0.15, -0.1) is 0 Å². The molecule has 0 aromatic carbocycles. The molecular formula is C10H15BrN2O. The summed E-state index contributed by atoms with van der Waals surface area (Å²) in [5, 5.41) is 4.50. The smallest absolute Gasteiger partial charge is 0.151 e. The van der Waals surface area contributed by atoms with E-state index in [0.29, 0.717) is 0 Å². The van der Waals surface area contributed by atoms with E-state index >= 15 is 0 Å². The molecule has 4 heteroatoms. The van der Waals surface area contributed by atoms with Crippen LogP contribution in [-0.4, -0.2) is 16.4 Å². The molecule has 0 saturated carbocycles. The van der Waals surface area contributed by atoms with Gasteiger partial charge in [0.05, 0.1) is 5.69 Å². The van der Waals surface area contributed by atoms with Gasteiger partial charge in [0.25, 0.3) is 0 Å². The fourth-order valence-electron chi connectivity index (χ4n) is 1.71. The maximum atomic E-state index is 5.67. The highest BCUT2D eigenvalue weighted by Gasteiger charge is 2.18. The first kappa shape index (κ1) is 10.2. The van der Waals surface area contributed by atoms with E-state index in [1.165, 1.54) is 12.8 Å². The summed E-state index contributed by atoms with van der Waals surface area (Å²) in [6.45, 7) is 2.97. The van der Waals surface area contributed by atoms with Gasteiger partial charge in [-0.25, -0.2) is 4.68 Å². The number of hydrogen-bond donors (Lipinski definition) is 0. The molecule has 1 saturated heterocycles. The Morgan fingerprint density at radius 1 is 1.64 bits per heavy atom. The lowest BCUT2D eigenvalue weighted by atomic mass is 10.2. The molecule has 1 aromatic rings. The van der Waals surface area contributed by atoms with Crippen molar-refractivity contribution in [2.24, 2.45) is 0 Å². The molecule has 78 valence electrons. The van der Waals surface area contributed by atoms with Gasteiger partial charge in [0, 0.05) is 6.61 Å². The van der Waals surface area contributed by atoms with E-state index in [-0.39, 0.29) is 6.23 Å². The van der Waals surface area contributed by atoms with Gasteiger partial charge in [0.1, 0.15) is 4.60 Å². The van der Waals surface area contributed by atoms with Crippen LogP contribution in [0.2, 0.25) is 0 Å². The second-order valence-electron chi connectivity index (χ2n) is 3.58. The van der Waals surface area contributed by atoms with Crippen LogP contribution in [0.4, 0.5) is 0 Å². The Hall–Kier alpha value is -0.350. The molecule has 2 heterocycles. The monoisotopic (exact) mass is 258 g/mol. The summed E-state index contributed by atoms with van der Waals surface area (Å²) in [4.78, 5) is 0. The lowest BCUT2D eigenvalue weighted by Crippen LogP contribution is -2.19. The Morgan fingerprint density at radius 3 is 3.07 bits per heavy atom. The van der Waals surface area contributed by atoms with Crippen molar-refractivity contribution in [1.82, 2.24) is 9.78 Å². The predicted molar refractivity (Wildman–Crippen MR) is 58.1 cm³/mol. The third kappa shape index (κ3) is 2.01. The van der Waals surface area contributed by atoms with Crippen molar-refractivity contribution in [2.75, 3.05) is 6.61 Å². The number of rotatable bonds is 2. The molecule has 0 aliphatic carbocycles. The van der Waals surface area contributed by atoms with Crippen molar-refractivity contribution in [1.29, 1.82) is 0 Å². The zero-order valence-corrected chi connectivity index (χ0v) is 9.96. The van der Waals surface area contributed by atoms with Crippen LogP contribution >= 0.6 is 15.9 Å². The number of hydrogen-bond acceptors (Lipinski definition) is 2. The van der Waals surface area contributed by atoms with Crippen LogP contribution in [0.1, 0.15) is 38.1 Å². The molecule has 0 amide bonds. The Kier molecular flexibility index (Phi) is 3.23. The topological polar surface area (TPSA) is 27.1 Å². The van der Waals surface area contributed by atoms with Crippen LogP contribution in [0.15, 0.2) is 10.7 Å². The minimum Gasteiger partial charge on any atom is -0.356 e. The van der Waals surface area contributed by atoms with Crippen LogP contribution in [0, 0.1) is 0 Å². The molecule has 2 rings (SSSR count). The molecule has 1 aliphatic heterocycles. The molecule has 0 spiro atoms. The molecular weight excluding hydrogens is 244 g/mol. The Morgan fingerprint density at radius 2 is 2.50 bits per heavy atom. The summed E-state index contributed by atoms with van der Waals surface area (Å²) in [5.41, 5.74) is 1.12. The van der Waals surface area contributed by atoms with Crippen LogP contribution in [0.3, 0.4) is 0 Å². The SMILES string of the molecule is CCc1cc(Br)n(C2CCCCO2)n1. The van der Waals surface area contributed by atoms with Crippen LogP contribution < -0.4 is 0 Å². The lowest BCUT2D eigenvalue weighted by Gasteiger charge is -2.23. The van der Waals surface area contributed by atoms with Crippen molar-refractivity contribution in [3.05, 3.63) is 16.4 Å². The van der Waals surface area contributed by atoms with E-state index in [1.807, 2.05) is 4.68 Å². The van der Waals surface area contributed by atoms with E-state index < -0.39 is 0 Å². The summed E-state index contributed by atoms with van der Waals surface area (Å²) in [6.07, 6.45) is 4.59. The Bertz CT molecular complexity index is 305. The highest BCUT2D eigenvalue weighted by Crippen LogP contribution is 2.26. The average Bonchev–Trinajstić information content (AvgIpc) is 2.61. The molecule has 1 aliphatic rings. The lowest BCUT2D eigenvalue weighted by molar-refractivity contribution is -0.0410. The minimum atomic E-state index is 0.137. The number of halogens is 1. The minimum absolute atomic E-state index is 0.137. The van der Waals surface area contributed by atoms with Gasteiger partial charge in [-0.3, -0.25) is 0 Å². The first-order valence-corrected chi connectivity index (χ1v) is 5.96. The standard InChI is InChI=1S/C10H15BrN2O/c1-2-8-7-9(11)13(12-8)10-5-3-4-6-14-10/h7,10H,2-6H2,1H3. The predicted octanol–water partition coefficient (Wildman–Crippen LogP) is 2.91. The van der Waals surface area contributed by atoms with Crippen molar-refractivity contribution in [3.8, 4) is 0 Å². The molecule has 1 fully saturated rings. The van der Waals surface area contributed by atoms with E-state index in [0.717, 1.165) is 29.7 Å². The summed E-state index contributed by atoms with van der Waals surface area (Å²) in [6, 6.07) is 2.07. The molecule has 3 nitrogen and oxygen atoms in total. The molecule has 0 N–H and O–H groups in total. The highest BCUT2D eigenvalue weighted by atomic mass is 79.9. The van der Waals surface area contributed by atoms with E-state index in [2.05, 4.69) is 34.0 Å². The van der Waals surface area contributed by atoms with Gasteiger partial charge in [-0.2, -0.15) is 5.10 Å². The summed E-state index contributed by atoms with van der Waals surface area (Å²) in [7, 11) is 0. The molecule has 14 heavy (non-hydrogen) atoms. The Balaban J connectivity index is 2.17. The third-order valence-electron chi connectivity index (χ3n) is 2.53. The fraction of sp³-hybridized carbons (Fsp3) is 0.700. The molecule has 0 bridgehead atoms. The number of aromatic nitrogens is 2. The third-order valence-corrected chi connectivity index (χ3v) is 3.12. The van der Waals surface area contributed by atoms with E-state index in [4.69, 9.17) is 4.74 Å².